The van der Waals surface area contributed by atoms with Crippen LogP contribution >= 0.6 is 0 Å². The van der Waals surface area contributed by atoms with Crippen LogP contribution in [0.5, 0.6) is 0 Å². The summed E-state index contributed by atoms with van der Waals surface area (Å²) in [5.41, 5.74) is 9.63. The van der Waals surface area contributed by atoms with Crippen LogP contribution in [0.4, 0.5) is 0 Å². The van der Waals surface area contributed by atoms with Crippen molar-refractivity contribution >= 4 is 43.7 Å². The summed E-state index contributed by atoms with van der Waals surface area (Å²) in [6, 6.07) is 43.0. The lowest BCUT2D eigenvalue weighted by atomic mass is 9.87. The molecule has 51 heavy (non-hydrogen) atoms. The number of benzene rings is 7. The molecule has 0 amide bonds. The number of nitrogens with zero attached hydrogens (tertiary/aromatic N) is 4. The first-order chi connectivity index (χ1) is 27.4. The molecule has 5 heteroatoms. The smallest absolute Gasteiger partial charge is 0.238 e. The van der Waals surface area contributed by atoms with Crippen LogP contribution in [0.15, 0.2) is 168 Å². The summed E-state index contributed by atoms with van der Waals surface area (Å²) in [6.45, 7) is 0. The Bertz CT molecular complexity index is 3250. The Kier molecular flexibility index (Phi) is 4.99. The summed E-state index contributed by atoms with van der Waals surface area (Å²) >= 11 is 0. The maximum atomic E-state index is 8.88. The lowest BCUT2D eigenvalue weighted by Gasteiger charge is -2.16. The average Bonchev–Trinajstić information content (AvgIpc) is 3.90. The molecule has 238 valence electrons. The summed E-state index contributed by atoms with van der Waals surface area (Å²) in [7, 11) is 0. The minimum atomic E-state index is -0.487. The van der Waals surface area contributed by atoms with Gasteiger partial charge in [0, 0.05) is 38.6 Å². The molecule has 11 rings (SSSR count). The Morgan fingerprint density at radius 2 is 1.27 bits per heavy atom. The van der Waals surface area contributed by atoms with Gasteiger partial charge in [-0.3, -0.25) is 4.57 Å². The van der Waals surface area contributed by atoms with Gasteiger partial charge in [0.1, 0.15) is 11.2 Å². The summed E-state index contributed by atoms with van der Waals surface area (Å²) in [5.74, 6) is 0.463. The molecule has 0 saturated carbocycles. The maximum absolute atomic E-state index is 8.88. The van der Waals surface area contributed by atoms with E-state index in [9.17, 15) is 0 Å². The van der Waals surface area contributed by atoms with Gasteiger partial charge in [-0.05, 0) is 58.1 Å². The Morgan fingerprint density at radius 3 is 2.16 bits per heavy atom. The molecule has 1 aliphatic carbocycles. The van der Waals surface area contributed by atoms with E-state index < -0.39 is 30.2 Å². The normalized spacial score (nSPS) is 15.1. The van der Waals surface area contributed by atoms with Crippen LogP contribution in [-0.2, 0) is 0 Å². The SMILES string of the molecule is [2H]c1c([2H])c([2H])c(-c2nc(-c3ccc4c(c3)oc3ccccc34)nc(-n3c4ccccc4c4c5c(ccc43)-c3ccccc3C5c3ccccc3)n2)c([2H])c1[2H]. The third kappa shape index (κ3) is 4.18. The number of hydrogen-bond acceptors (Lipinski definition) is 4. The van der Waals surface area contributed by atoms with Gasteiger partial charge in [0.2, 0.25) is 5.95 Å². The highest BCUT2D eigenvalue weighted by Gasteiger charge is 2.33. The highest BCUT2D eigenvalue weighted by Crippen LogP contribution is 2.52. The number of furan rings is 1. The minimum absolute atomic E-state index is 0.0172. The fourth-order valence-corrected chi connectivity index (χ4v) is 7.91. The molecule has 7 aromatic carbocycles. The molecule has 1 unspecified atom stereocenters. The molecule has 0 saturated heterocycles. The van der Waals surface area contributed by atoms with Crippen LogP contribution in [0.3, 0.4) is 0 Å². The van der Waals surface area contributed by atoms with Gasteiger partial charge in [-0.1, -0.05) is 133 Å². The Balaban J connectivity index is 1.22. The minimum Gasteiger partial charge on any atom is -0.456 e. The molecule has 3 heterocycles. The van der Waals surface area contributed by atoms with Crippen LogP contribution in [0.1, 0.15) is 29.5 Å². The van der Waals surface area contributed by atoms with Gasteiger partial charge in [-0.25, -0.2) is 4.98 Å². The summed E-state index contributed by atoms with van der Waals surface area (Å²) < 4.78 is 51.2. The van der Waals surface area contributed by atoms with E-state index in [1.54, 1.807) is 0 Å². The second-order valence-electron chi connectivity index (χ2n) is 12.8. The molecule has 1 aliphatic rings. The highest BCUT2D eigenvalue weighted by atomic mass is 16.3. The van der Waals surface area contributed by atoms with Gasteiger partial charge in [-0.15, -0.1) is 0 Å². The number of para-hydroxylation sites is 2. The van der Waals surface area contributed by atoms with Crippen LogP contribution in [-0.4, -0.2) is 19.5 Å². The van der Waals surface area contributed by atoms with Crippen molar-refractivity contribution in [2.75, 3.05) is 0 Å². The van der Waals surface area contributed by atoms with E-state index in [1.807, 2.05) is 71.3 Å². The zero-order valence-electron chi connectivity index (χ0n) is 32.0. The zero-order valence-corrected chi connectivity index (χ0v) is 27.0. The molecule has 3 aromatic heterocycles. The van der Waals surface area contributed by atoms with Gasteiger partial charge in [-0.2, -0.15) is 9.97 Å². The van der Waals surface area contributed by atoms with Gasteiger partial charge in [0.05, 0.1) is 17.9 Å². The molecule has 5 nitrogen and oxygen atoms in total. The van der Waals surface area contributed by atoms with Crippen molar-refractivity contribution in [1.29, 1.82) is 0 Å². The average molecular weight is 658 g/mol. The molecule has 0 spiro atoms. The second-order valence-corrected chi connectivity index (χ2v) is 12.8. The Labute approximate surface area is 300 Å². The van der Waals surface area contributed by atoms with E-state index in [2.05, 4.69) is 66.7 Å². The third-order valence-electron chi connectivity index (χ3n) is 10.0. The van der Waals surface area contributed by atoms with Crippen molar-refractivity contribution in [3.63, 3.8) is 0 Å². The monoisotopic (exact) mass is 657 g/mol. The standard InChI is InChI=1S/C46H28N4O/c1-3-13-28(14-4-1)41-34-19-8-7-17-31(34)35-25-26-38-42(43(35)41)36-20-9-11-21-37(36)50(38)46-48-44(29-15-5-2-6-16-29)47-45(49-46)30-23-24-33-32-18-10-12-22-39(32)51-40(33)27-30/h1-27,41H/i2D,5D,6D,15D,16D. The number of rotatable bonds is 4. The predicted molar refractivity (Wildman–Crippen MR) is 205 cm³/mol. The second kappa shape index (κ2) is 10.8. The molecule has 0 radical (unpaired) electrons. The third-order valence-corrected chi connectivity index (χ3v) is 10.0. The summed E-state index contributed by atoms with van der Waals surface area (Å²) in [4.78, 5) is 14.9. The van der Waals surface area contributed by atoms with E-state index in [1.165, 1.54) is 27.8 Å². The number of aromatic nitrogens is 4. The van der Waals surface area contributed by atoms with Crippen LogP contribution < -0.4 is 0 Å². The highest BCUT2D eigenvalue weighted by molar-refractivity contribution is 6.14. The first-order valence-electron chi connectivity index (χ1n) is 19.3. The fourth-order valence-electron chi connectivity index (χ4n) is 7.91. The molecule has 1 atom stereocenters. The lowest BCUT2D eigenvalue weighted by Crippen LogP contribution is -2.06. The van der Waals surface area contributed by atoms with E-state index in [0.717, 1.165) is 38.2 Å². The summed E-state index contributed by atoms with van der Waals surface area (Å²) in [6.07, 6.45) is 0. The molecule has 0 N–H and O–H groups in total. The molecular weight excluding hydrogens is 625 g/mol. The van der Waals surface area contributed by atoms with Crippen LogP contribution in [0.2, 0.25) is 0 Å². The topological polar surface area (TPSA) is 56.7 Å². The molecule has 10 aromatic rings. The van der Waals surface area contributed by atoms with Gasteiger partial charge in [0.15, 0.2) is 11.6 Å². The maximum Gasteiger partial charge on any atom is 0.238 e. The first-order valence-corrected chi connectivity index (χ1v) is 16.8. The molecular formula is C46H28N4O. The Hall–Kier alpha value is -6.85. The van der Waals surface area contributed by atoms with Crippen molar-refractivity contribution in [1.82, 2.24) is 19.5 Å². The molecule has 0 fully saturated rings. The molecule has 0 bridgehead atoms. The largest absolute Gasteiger partial charge is 0.456 e. The predicted octanol–water partition coefficient (Wildman–Crippen LogP) is 11.4. The van der Waals surface area contributed by atoms with E-state index in [0.29, 0.717) is 11.1 Å². The van der Waals surface area contributed by atoms with Crippen LogP contribution in [0.25, 0.3) is 83.6 Å². The van der Waals surface area contributed by atoms with Crippen molar-refractivity contribution in [2.24, 2.45) is 0 Å². The van der Waals surface area contributed by atoms with Crippen molar-refractivity contribution in [2.45, 2.75) is 5.92 Å². The van der Waals surface area contributed by atoms with Crippen molar-refractivity contribution in [3.8, 4) is 39.9 Å². The van der Waals surface area contributed by atoms with Gasteiger partial charge >= 0.3 is 0 Å². The molecule has 0 aliphatic heterocycles. The fraction of sp³-hybridized carbons (Fsp3) is 0.0217. The quantitative estimate of drug-likeness (QED) is 0.189. The number of fused-ring (bicyclic) bond motifs is 10. The zero-order chi connectivity index (χ0) is 37.8. The lowest BCUT2D eigenvalue weighted by molar-refractivity contribution is 0.669. The van der Waals surface area contributed by atoms with Gasteiger partial charge < -0.3 is 4.42 Å². The Morgan fingerprint density at radius 1 is 0.549 bits per heavy atom. The number of hydrogen-bond donors (Lipinski definition) is 0. The van der Waals surface area contributed by atoms with E-state index >= 15 is 0 Å². The van der Waals surface area contributed by atoms with Gasteiger partial charge in [0.25, 0.3) is 0 Å². The first kappa shape index (κ1) is 23.5. The van der Waals surface area contributed by atoms with Crippen molar-refractivity contribution in [3.05, 3.63) is 180 Å². The van der Waals surface area contributed by atoms with Crippen LogP contribution in [0, 0.1) is 0 Å². The summed E-state index contributed by atoms with van der Waals surface area (Å²) in [5, 5.41) is 4.01. The van der Waals surface area contributed by atoms with E-state index in [4.69, 9.17) is 26.2 Å². The van der Waals surface area contributed by atoms with Crippen molar-refractivity contribution < 1.29 is 11.3 Å². The van der Waals surface area contributed by atoms with E-state index in [-0.39, 0.29) is 29.1 Å².